The molecule has 0 spiro atoms. The van der Waals surface area contributed by atoms with Gasteiger partial charge in [-0.3, -0.25) is 4.79 Å². The summed E-state index contributed by atoms with van der Waals surface area (Å²) >= 11 is 0. The van der Waals surface area contributed by atoms with Crippen LogP contribution >= 0.6 is 0 Å². The number of carbonyl (C=O) groups is 1. The Hall–Kier alpha value is -2.16. The van der Waals surface area contributed by atoms with Crippen molar-refractivity contribution in [2.75, 3.05) is 5.32 Å². The maximum absolute atomic E-state index is 11.4. The van der Waals surface area contributed by atoms with Crippen LogP contribution in [0, 0.1) is 6.92 Å². The van der Waals surface area contributed by atoms with Crippen LogP contribution in [0.5, 0.6) is 0 Å². The summed E-state index contributed by atoms with van der Waals surface area (Å²) in [4.78, 5) is 15.8. The number of anilines is 1. The first-order valence-corrected chi connectivity index (χ1v) is 6.61. The first-order chi connectivity index (χ1) is 9.35. The van der Waals surface area contributed by atoms with E-state index >= 15 is 0 Å². The highest BCUT2D eigenvalue weighted by atomic mass is 16.1. The predicted octanol–water partition coefficient (Wildman–Crippen LogP) is 4.51. The van der Waals surface area contributed by atoms with Crippen molar-refractivity contribution in [3.8, 4) is 0 Å². The molecular formula is C17H22N2O. The Labute approximate surface area is 121 Å². The van der Waals surface area contributed by atoms with E-state index in [2.05, 4.69) is 16.9 Å². The van der Waals surface area contributed by atoms with Crippen LogP contribution in [0.1, 0.15) is 43.6 Å². The molecule has 0 aliphatic rings. The highest BCUT2D eigenvalue weighted by molar-refractivity contribution is 5.98. The topological polar surface area (TPSA) is 41.5 Å². The number of aryl methyl sites for hydroxylation is 1. The van der Waals surface area contributed by atoms with E-state index in [4.69, 9.17) is 0 Å². The first kappa shape index (κ1) is 15.9. The molecule has 0 saturated heterocycles. The Morgan fingerprint density at radius 2 is 1.95 bits per heavy atom. The van der Waals surface area contributed by atoms with E-state index in [1.165, 1.54) is 0 Å². The van der Waals surface area contributed by atoms with Gasteiger partial charge in [0.15, 0.2) is 5.78 Å². The molecule has 0 fully saturated rings. The second-order valence-electron chi connectivity index (χ2n) is 4.83. The summed E-state index contributed by atoms with van der Waals surface area (Å²) in [5, 5.41) is 3.15. The van der Waals surface area contributed by atoms with Gasteiger partial charge >= 0.3 is 0 Å². The van der Waals surface area contributed by atoms with Gasteiger partial charge in [0.2, 0.25) is 0 Å². The van der Waals surface area contributed by atoms with Crippen LogP contribution in [-0.2, 0) is 0 Å². The standard InChI is InChI=1S/C17H22N2O/c1-7-11(2)13(4)18-15(6)19-17-10-16(14(5)20)9-8-12(17)3/h7-10,19H,6H2,1-5H3/b11-7-,18-13?. The minimum Gasteiger partial charge on any atom is -0.340 e. The minimum atomic E-state index is 0.0445. The monoisotopic (exact) mass is 270 g/mol. The number of hydrogen-bond donors (Lipinski definition) is 1. The quantitative estimate of drug-likeness (QED) is 0.632. The summed E-state index contributed by atoms with van der Waals surface area (Å²) in [6, 6.07) is 5.57. The van der Waals surface area contributed by atoms with Crippen molar-refractivity contribution in [2.45, 2.75) is 34.6 Å². The molecule has 1 aromatic rings. The van der Waals surface area contributed by atoms with E-state index in [0.717, 1.165) is 22.5 Å². The Kier molecular flexibility index (Phi) is 5.44. The smallest absolute Gasteiger partial charge is 0.159 e. The van der Waals surface area contributed by atoms with Crippen LogP contribution in [0.4, 0.5) is 5.69 Å². The summed E-state index contributed by atoms with van der Waals surface area (Å²) in [6.45, 7) is 13.4. The van der Waals surface area contributed by atoms with Crippen LogP contribution in [0.3, 0.4) is 0 Å². The molecular weight excluding hydrogens is 248 g/mol. The largest absolute Gasteiger partial charge is 0.340 e. The molecule has 20 heavy (non-hydrogen) atoms. The molecule has 0 radical (unpaired) electrons. The molecule has 0 amide bonds. The van der Waals surface area contributed by atoms with Crippen molar-refractivity contribution in [2.24, 2.45) is 4.99 Å². The molecule has 1 aromatic carbocycles. The van der Waals surface area contributed by atoms with Gasteiger partial charge in [-0.15, -0.1) is 0 Å². The Morgan fingerprint density at radius 1 is 1.30 bits per heavy atom. The van der Waals surface area contributed by atoms with Crippen LogP contribution in [0.25, 0.3) is 0 Å². The summed E-state index contributed by atoms with van der Waals surface area (Å²) in [5.74, 6) is 0.607. The lowest BCUT2D eigenvalue weighted by Gasteiger charge is -2.11. The molecule has 3 nitrogen and oxygen atoms in total. The molecule has 1 rings (SSSR count). The predicted molar refractivity (Wildman–Crippen MR) is 86.5 cm³/mol. The molecule has 1 N–H and O–H groups in total. The number of nitrogens with zero attached hydrogens (tertiary/aromatic N) is 1. The number of Topliss-reactive ketones (excluding diaryl/α,β-unsaturated/α-hetero) is 1. The van der Waals surface area contributed by atoms with E-state index in [1.807, 2.05) is 52.0 Å². The molecule has 0 heterocycles. The molecule has 0 aliphatic heterocycles. The number of hydrogen-bond acceptors (Lipinski definition) is 3. The van der Waals surface area contributed by atoms with E-state index in [9.17, 15) is 4.79 Å². The fourth-order valence-electron chi connectivity index (χ4n) is 1.66. The van der Waals surface area contributed by atoms with Gasteiger partial charge < -0.3 is 5.32 Å². The van der Waals surface area contributed by atoms with Crippen LogP contribution in [-0.4, -0.2) is 11.5 Å². The third kappa shape index (κ3) is 4.19. The van der Waals surface area contributed by atoms with Crippen LogP contribution in [0.2, 0.25) is 0 Å². The zero-order valence-electron chi connectivity index (χ0n) is 12.9. The summed E-state index contributed by atoms with van der Waals surface area (Å²) in [7, 11) is 0. The van der Waals surface area contributed by atoms with Gasteiger partial charge in [-0.05, 0) is 51.8 Å². The lowest BCUT2D eigenvalue weighted by Crippen LogP contribution is -2.03. The Balaban J connectivity index is 2.96. The lowest BCUT2D eigenvalue weighted by atomic mass is 10.1. The SMILES string of the molecule is C=C(N=C(C)/C(C)=C\C)Nc1cc(C(C)=O)ccc1C. The van der Waals surface area contributed by atoms with E-state index in [-0.39, 0.29) is 5.78 Å². The third-order valence-electron chi connectivity index (χ3n) is 3.23. The number of nitrogens with one attached hydrogen (secondary N) is 1. The van der Waals surface area contributed by atoms with Gasteiger partial charge in [-0.2, -0.15) is 0 Å². The average Bonchev–Trinajstić information content (AvgIpc) is 2.39. The van der Waals surface area contributed by atoms with E-state index < -0.39 is 0 Å². The molecule has 0 aliphatic carbocycles. The first-order valence-electron chi connectivity index (χ1n) is 6.61. The number of rotatable bonds is 5. The number of benzene rings is 1. The number of aliphatic imine (C=N–C) groups is 1. The third-order valence-corrected chi connectivity index (χ3v) is 3.23. The Bertz CT molecular complexity index is 595. The highest BCUT2D eigenvalue weighted by Crippen LogP contribution is 2.19. The van der Waals surface area contributed by atoms with Crippen molar-refractivity contribution in [1.29, 1.82) is 0 Å². The summed E-state index contributed by atoms with van der Waals surface area (Å²) in [6.07, 6.45) is 2.01. The van der Waals surface area contributed by atoms with Gasteiger partial charge in [-0.1, -0.05) is 24.8 Å². The lowest BCUT2D eigenvalue weighted by molar-refractivity contribution is 0.101. The van der Waals surface area contributed by atoms with Crippen molar-refractivity contribution in [1.82, 2.24) is 0 Å². The van der Waals surface area contributed by atoms with Crippen molar-refractivity contribution in [3.05, 3.63) is 53.4 Å². The van der Waals surface area contributed by atoms with E-state index in [1.54, 1.807) is 6.92 Å². The number of ketones is 1. The van der Waals surface area contributed by atoms with Crippen molar-refractivity contribution in [3.63, 3.8) is 0 Å². The molecule has 0 unspecified atom stereocenters. The maximum Gasteiger partial charge on any atom is 0.159 e. The second kappa shape index (κ2) is 6.85. The average molecular weight is 270 g/mol. The molecule has 0 aromatic heterocycles. The van der Waals surface area contributed by atoms with E-state index in [0.29, 0.717) is 11.4 Å². The van der Waals surface area contributed by atoms with Gasteiger partial charge in [0.25, 0.3) is 0 Å². The van der Waals surface area contributed by atoms with Crippen molar-refractivity contribution >= 4 is 17.2 Å². The number of allylic oxidation sites excluding steroid dienone is 2. The Morgan fingerprint density at radius 3 is 2.50 bits per heavy atom. The van der Waals surface area contributed by atoms with Crippen LogP contribution in [0.15, 0.2) is 47.2 Å². The van der Waals surface area contributed by atoms with Gasteiger partial charge in [0.1, 0.15) is 5.82 Å². The van der Waals surface area contributed by atoms with Crippen molar-refractivity contribution < 1.29 is 4.79 Å². The minimum absolute atomic E-state index is 0.0445. The fourth-order valence-corrected chi connectivity index (χ4v) is 1.66. The van der Waals surface area contributed by atoms with Crippen LogP contribution < -0.4 is 5.32 Å². The highest BCUT2D eigenvalue weighted by Gasteiger charge is 2.05. The molecule has 106 valence electrons. The number of carbonyl (C=O) groups excluding carboxylic acids is 1. The maximum atomic E-state index is 11.4. The fraction of sp³-hybridized carbons (Fsp3) is 0.294. The molecule has 0 saturated carbocycles. The second-order valence-corrected chi connectivity index (χ2v) is 4.83. The normalized spacial score (nSPS) is 12.2. The molecule has 0 bridgehead atoms. The molecule has 3 heteroatoms. The van der Waals surface area contributed by atoms with Gasteiger partial charge in [0, 0.05) is 17.0 Å². The van der Waals surface area contributed by atoms with Gasteiger partial charge in [0.05, 0.1) is 0 Å². The summed E-state index contributed by atoms with van der Waals surface area (Å²) in [5.41, 5.74) is 4.62. The zero-order valence-corrected chi connectivity index (χ0v) is 12.9. The zero-order chi connectivity index (χ0) is 15.3. The molecule has 0 atom stereocenters. The summed E-state index contributed by atoms with van der Waals surface area (Å²) < 4.78 is 0. The van der Waals surface area contributed by atoms with Gasteiger partial charge in [-0.25, -0.2) is 4.99 Å².